The van der Waals surface area contributed by atoms with Crippen molar-refractivity contribution in [2.75, 3.05) is 26.6 Å². The lowest BCUT2D eigenvalue weighted by molar-refractivity contribution is -0.141. The summed E-state index contributed by atoms with van der Waals surface area (Å²) in [6, 6.07) is 17.0. The number of esters is 3. The second-order valence-electron chi connectivity index (χ2n) is 8.02. The average Bonchev–Trinajstić information content (AvgIpc) is 3.28. The Labute approximate surface area is 212 Å². The molecule has 4 rings (SSSR count). The van der Waals surface area contributed by atoms with Crippen molar-refractivity contribution in [3.05, 3.63) is 83.3 Å². The van der Waals surface area contributed by atoms with E-state index in [-0.39, 0.29) is 12.4 Å². The Morgan fingerprint density at radius 2 is 1.54 bits per heavy atom. The third kappa shape index (κ3) is 5.56. The van der Waals surface area contributed by atoms with E-state index >= 15 is 0 Å². The summed E-state index contributed by atoms with van der Waals surface area (Å²) in [4.78, 5) is 40.9. The molecule has 2 aromatic heterocycles. The molecule has 190 valence electrons. The van der Waals surface area contributed by atoms with E-state index in [1.54, 1.807) is 0 Å². The van der Waals surface area contributed by atoms with Gasteiger partial charge in [0.2, 0.25) is 11.6 Å². The lowest BCUT2D eigenvalue weighted by atomic mass is 10.1. The van der Waals surface area contributed by atoms with Crippen LogP contribution in [0.25, 0.3) is 10.9 Å². The normalized spacial score (nSPS) is 11.5. The molecule has 0 saturated heterocycles. The molecule has 0 bridgehead atoms. The molecule has 0 aliphatic rings. The predicted molar refractivity (Wildman–Crippen MR) is 133 cm³/mol. The van der Waals surface area contributed by atoms with Crippen molar-refractivity contribution in [1.82, 2.24) is 19.7 Å². The quantitative estimate of drug-likeness (QED) is 0.268. The Bertz CT molecular complexity index is 1440. The van der Waals surface area contributed by atoms with Gasteiger partial charge in [-0.3, -0.25) is 0 Å². The molecular weight excluding hydrogens is 478 g/mol. The number of nitrogens with one attached hydrogen (secondary N) is 1. The Morgan fingerprint density at radius 1 is 0.865 bits per heavy atom. The van der Waals surface area contributed by atoms with Crippen LogP contribution < -0.4 is 5.32 Å². The number of anilines is 1. The first-order valence-corrected chi connectivity index (χ1v) is 11.3. The van der Waals surface area contributed by atoms with Crippen LogP contribution in [0.3, 0.4) is 0 Å². The van der Waals surface area contributed by atoms with Crippen molar-refractivity contribution in [3.63, 3.8) is 0 Å². The van der Waals surface area contributed by atoms with Gasteiger partial charge in [0.1, 0.15) is 6.04 Å². The maximum absolute atomic E-state index is 12.7. The highest BCUT2D eigenvalue weighted by molar-refractivity contribution is 6.00. The Morgan fingerprint density at radius 3 is 2.24 bits per heavy atom. The summed E-state index contributed by atoms with van der Waals surface area (Å²) in [6.45, 7) is 0.655. The number of nitrogens with zero attached hydrogens (tertiary/aromatic N) is 4. The molecule has 4 aromatic rings. The Hall–Kier alpha value is -4.80. The Balaban J connectivity index is 1.67. The van der Waals surface area contributed by atoms with Gasteiger partial charge in [-0.25, -0.2) is 19.4 Å². The highest BCUT2D eigenvalue weighted by Gasteiger charge is 2.27. The van der Waals surface area contributed by atoms with E-state index in [0.29, 0.717) is 6.54 Å². The second-order valence-corrected chi connectivity index (χ2v) is 8.02. The summed E-state index contributed by atoms with van der Waals surface area (Å²) in [7, 11) is 3.55. The minimum Gasteiger partial charge on any atom is -0.467 e. The van der Waals surface area contributed by atoms with Crippen molar-refractivity contribution < 1.29 is 28.6 Å². The molecule has 2 heterocycles. The van der Waals surface area contributed by atoms with Crippen LogP contribution in [0.15, 0.2) is 60.8 Å². The van der Waals surface area contributed by atoms with Crippen molar-refractivity contribution in [2.24, 2.45) is 0 Å². The lowest BCUT2D eigenvalue weighted by Gasteiger charge is -2.16. The average molecular weight is 504 g/mol. The van der Waals surface area contributed by atoms with Gasteiger partial charge in [-0.1, -0.05) is 48.5 Å². The van der Waals surface area contributed by atoms with Gasteiger partial charge in [0.15, 0.2) is 5.69 Å². The van der Waals surface area contributed by atoms with Gasteiger partial charge in [0, 0.05) is 30.1 Å². The van der Waals surface area contributed by atoms with E-state index in [9.17, 15) is 14.4 Å². The molecule has 0 aliphatic heterocycles. The summed E-state index contributed by atoms with van der Waals surface area (Å²) in [5, 5.41) is 11.5. The SMILES string of the molecule is COC(=O)c1nnc(N[C@H](Cc2cn(Cc3ccccc3)c3ccccc23)C(=O)OC)nc1C(=O)OC. The standard InChI is InChI=1S/C26H25N5O6/c1-35-23(32)19(27-26-28-21(24(33)36-2)22(29-30-26)25(34)37-3)13-17-15-31(14-16-9-5-4-6-10-16)20-12-8-7-11-18(17)20/h4-12,15,19H,13-14H2,1-3H3,(H,27,28,30)/t19-/m1/s1. The number of hydrogen-bond donors (Lipinski definition) is 1. The number of fused-ring (bicyclic) bond motifs is 1. The van der Waals surface area contributed by atoms with Crippen LogP contribution in [0.2, 0.25) is 0 Å². The van der Waals surface area contributed by atoms with E-state index in [1.807, 2.05) is 48.7 Å². The minimum absolute atomic E-state index is 0.156. The predicted octanol–water partition coefficient (Wildman–Crippen LogP) is 2.64. The zero-order valence-electron chi connectivity index (χ0n) is 20.5. The number of para-hydroxylation sites is 1. The van der Waals surface area contributed by atoms with Gasteiger partial charge < -0.3 is 24.1 Å². The fourth-order valence-corrected chi connectivity index (χ4v) is 3.97. The number of benzene rings is 2. The highest BCUT2D eigenvalue weighted by Crippen LogP contribution is 2.24. The summed E-state index contributed by atoms with van der Waals surface area (Å²) >= 11 is 0. The number of hydrogen-bond acceptors (Lipinski definition) is 10. The molecule has 0 saturated carbocycles. The molecule has 0 spiro atoms. The summed E-state index contributed by atoms with van der Waals surface area (Å²) in [5.41, 5.74) is 2.24. The number of methoxy groups -OCH3 is 3. The largest absolute Gasteiger partial charge is 0.467 e. The molecule has 11 nitrogen and oxygen atoms in total. The first-order valence-electron chi connectivity index (χ1n) is 11.3. The van der Waals surface area contributed by atoms with Crippen molar-refractivity contribution in [2.45, 2.75) is 19.0 Å². The lowest BCUT2D eigenvalue weighted by Crippen LogP contribution is -2.34. The minimum atomic E-state index is -0.919. The maximum Gasteiger partial charge on any atom is 0.361 e. The van der Waals surface area contributed by atoms with Crippen LogP contribution in [-0.2, 0) is 32.0 Å². The third-order valence-electron chi connectivity index (χ3n) is 5.72. The smallest absolute Gasteiger partial charge is 0.361 e. The summed E-state index contributed by atoms with van der Waals surface area (Å²) in [5.74, 6) is -2.53. The molecule has 1 atom stereocenters. The van der Waals surface area contributed by atoms with Crippen LogP contribution in [-0.4, -0.2) is 65.0 Å². The maximum atomic E-state index is 12.7. The molecule has 0 aliphatic carbocycles. The van der Waals surface area contributed by atoms with Crippen LogP contribution >= 0.6 is 0 Å². The monoisotopic (exact) mass is 503 g/mol. The van der Waals surface area contributed by atoms with Crippen LogP contribution in [0.5, 0.6) is 0 Å². The first kappa shape index (κ1) is 25.3. The fourth-order valence-electron chi connectivity index (χ4n) is 3.97. The van der Waals surface area contributed by atoms with Gasteiger partial charge in [0.05, 0.1) is 21.3 Å². The third-order valence-corrected chi connectivity index (χ3v) is 5.72. The topological polar surface area (TPSA) is 135 Å². The number of ether oxygens (including phenoxy) is 3. The fraction of sp³-hybridized carbons (Fsp3) is 0.231. The van der Waals surface area contributed by atoms with Gasteiger partial charge >= 0.3 is 17.9 Å². The zero-order valence-corrected chi connectivity index (χ0v) is 20.5. The highest BCUT2D eigenvalue weighted by atomic mass is 16.5. The zero-order chi connectivity index (χ0) is 26.4. The molecule has 0 amide bonds. The number of carbonyl (C=O) groups is 3. The number of aromatic nitrogens is 4. The second kappa shape index (κ2) is 11.3. The van der Waals surface area contributed by atoms with E-state index < -0.39 is 35.3 Å². The van der Waals surface area contributed by atoms with Gasteiger partial charge in [-0.15, -0.1) is 10.2 Å². The summed E-state index contributed by atoms with van der Waals surface area (Å²) < 4.78 is 16.4. The van der Waals surface area contributed by atoms with Gasteiger partial charge in [0.25, 0.3) is 0 Å². The van der Waals surface area contributed by atoms with Crippen LogP contribution in [0.1, 0.15) is 32.1 Å². The van der Waals surface area contributed by atoms with Crippen LogP contribution in [0.4, 0.5) is 5.95 Å². The van der Waals surface area contributed by atoms with Crippen molar-refractivity contribution in [3.8, 4) is 0 Å². The van der Waals surface area contributed by atoms with Gasteiger partial charge in [-0.05, 0) is 17.2 Å². The molecule has 37 heavy (non-hydrogen) atoms. The van der Waals surface area contributed by atoms with E-state index in [1.165, 1.54) is 7.11 Å². The molecule has 0 unspecified atom stereocenters. The van der Waals surface area contributed by atoms with E-state index in [4.69, 9.17) is 9.47 Å². The molecule has 11 heteroatoms. The summed E-state index contributed by atoms with van der Waals surface area (Å²) in [6.07, 6.45) is 2.22. The Kier molecular flexibility index (Phi) is 7.72. The van der Waals surface area contributed by atoms with Gasteiger partial charge in [-0.2, -0.15) is 0 Å². The molecule has 1 N–H and O–H groups in total. The van der Waals surface area contributed by atoms with E-state index in [2.05, 4.69) is 41.9 Å². The number of carbonyl (C=O) groups excluding carboxylic acids is 3. The molecular formula is C26H25N5O6. The van der Waals surface area contributed by atoms with E-state index in [0.717, 1.165) is 36.2 Å². The van der Waals surface area contributed by atoms with Crippen molar-refractivity contribution >= 4 is 34.8 Å². The van der Waals surface area contributed by atoms with Crippen LogP contribution in [0, 0.1) is 0 Å². The molecule has 0 fully saturated rings. The molecule has 0 radical (unpaired) electrons. The molecule has 2 aromatic carbocycles. The first-order chi connectivity index (χ1) is 17.9. The van der Waals surface area contributed by atoms with Crippen molar-refractivity contribution in [1.29, 1.82) is 0 Å². The number of rotatable bonds is 9.